The standard InChI is InChI=1S/C17H14N2O5/c1-23-13-6-4-9(8-14(13)24-2)15-18-12-5-3-10(17(21)22)7-11(12)16(20)19-15/h3-8H,1-2H3,(H,21,22)(H,18,19,20). The Balaban J connectivity index is 2.16. The molecule has 0 saturated carbocycles. The maximum Gasteiger partial charge on any atom is 0.335 e. The molecule has 7 heteroatoms. The molecule has 1 aromatic heterocycles. The first-order valence-corrected chi connectivity index (χ1v) is 7.03. The normalized spacial score (nSPS) is 10.6. The molecule has 0 spiro atoms. The Labute approximate surface area is 136 Å². The molecule has 0 amide bonds. The van der Waals surface area contributed by atoms with Crippen molar-refractivity contribution in [3.8, 4) is 22.9 Å². The van der Waals surface area contributed by atoms with Crippen LogP contribution < -0.4 is 15.0 Å². The van der Waals surface area contributed by atoms with Gasteiger partial charge in [0.2, 0.25) is 0 Å². The highest BCUT2D eigenvalue weighted by molar-refractivity contribution is 5.93. The van der Waals surface area contributed by atoms with Crippen LogP contribution >= 0.6 is 0 Å². The molecular weight excluding hydrogens is 312 g/mol. The third-order valence-corrected chi connectivity index (χ3v) is 3.61. The molecule has 0 bridgehead atoms. The van der Waals surface area contributed by atoms with Gasteiger partial charge in [0.25, 0.3) is 5.56 Å². The van der Waals surface area contributed by atoms with E-state index in [4.69, 9.17) is 14.6 Å². The fourth-order valence-electron chi connectivity index (χ4n) is 2.39. The summed E-state index contributed by atoms with van der Waals surface area (Å²) in [6, 6.07) is 9.40. The fraction of sp³-hybridized carbons (Fsp3) is 0.118. The van der Waals surface area contributed by atoms with Gasteiger partial charge < -0.3 is 19.6 Å². The highest BCUT2D eigenvalue weighted by Gasteiger charge is 2.12. The van der Waals surface area contributed by atoms with Gasteiger partial charge in [0.15, 0.2) is 11.5 Å². The van der Waals surface area contributed by atoms with E-state index in [1.165, 1.54) is 32.4 Å². The van der Waals surface area contributed by atoms with Crippen molar-refractivity contribution in [1.29, 1.82) is 0 Å². The van der Waals surface area contributed by atoms with Gasteiger partial charge in [-0.05, 0) is 36.4 Å². The van der Waals surface area contributed by atoms with Crippen LogP contribution in [-0.4, -0.2) is 35.3 Å². The van der Waals surface area contributed by atoms with E-state index in [9.17, 15) is 9.59 Å². The lowest BCUT2D eigenvalue weighted by atomic mass is 10.1. The molecular formula is C17H14N2O5. The highest BCUT2D eigenvalue weighted by Crippen LogP contribution is 2.31. The summed E-state index contributed by atoms with van der Waals surface area (Å²) < 4.78 is 10.4. The molecule has 3 aromatic rings. The molecule has 0 atom stereocenters. The van der Waals surface area contributed by atoms with Gasteiger partial charge in [-0.3, -0.25) is 4.79 Å². The van der Waals surface area contributed by atoms with Gasteiger partial charge in [-0.15, -0.1) is 0 Å². The molecule has 0 saturated heterocycles. The number of hydrogen-bond acceptors (Lipinski definition) is 5. The van der Waals surface area contributed by atoms with E-state index >= 15 is 0 Å². The smallest absolute Gasteiger partial charge is 0.335 e. The van der Waals surface area contributed by atoms with E-state index in [0.717, 1.165) is 0 Å². The second-order valence-corrected chi connectivity index (χ2v) is 5.02. The lowest BCUT2D eigenvalue weighted by molar-refractivity contribution is 0.0697. The van der Waals surface area contributed by atoms with E-state index in [-0.39, 0.29) is 10.9 Å². The third-order valence-electron chi connectivity index (χ3n) is 3.61. The van der Waals surface area contributed by atoms with Crippen LogP contribution in [0.3, 0.4) is 0 Å². The molecule has 24 heavy (non-hydrogen) atoms. The number of carboxylic acids is 1. The van der Waals surface area contributed by atoms with Crippen molar-refractivity contribution in [2.24, 2.45) is 0 Å². The van der Waals surface area contributed by atoms with E-state index < -0.39 is 11.5 Å². The number of aromatic amines is 1. The zero-order valence-corrected chi connectivity index (χ0v) is 13.0. The summed E-state index contributed by atoms with van der Waals surface area (Å²) in [6.45, 7) is 0. The first-order valence-electron chi connectivity index (χ1n) is 7.03. The van der Waals surface area contributed by atoms with E-state index in [1.54, 1.807) is 18.2 Å². The van der Waals surface area contributed by atoms with Gasteiger partial charge in [-0.25, -0.2) is 9.78 Å². The maximum atomic E-state index is 12.3. The van der Waals surface area contributed by atoms with Crippen LogP contribution in [0, 0.1) is 0 Å². The van der Waals surface area contributed by atoms with E-state index in [0.29, 0.717) is 28.4 Å². The monoisotopic (exact) mass is 326 g/mol. The van der Waals surface area contributed by atoms with Crippen molar-refractivity contribution >= 4 is 16.9 Å². The average Bonchev–Trinajstić information content (AvgIpc) is 2.60. The number of nitrogens with one attached hydrogen (secondary N) is 1. The Bertz CT molecular complexity index is 994. The first-order chi connectivity index (χ1) is 11.5. The minimum Gasteiger partial charge on any atom is -0.493 e. The molecule has 2 N–H and O–H groups in total. The Kier molecular flexibility index (Phi) is 3.91. The van der Waals surface area contributed by atoms with Crippen LogP contribution in [-0.2, 0) is 0 Å². The van der Waals surface area contributed by atoms with Gasteiger partial charge in [0.05, 0.1) is 30.7 Å². The minimum absolute atomic E-state index is 0.0358. The van der Waals surface area contributed by atoms with E-state index in [2.05, 4.69) is 9.97 Å². The van der Waals surface area contributed by atoms with Crippen molar-refractivity contribution in [2.45, 2.75) is 0 Å². The highest BCUT2D eigenvalue weighted by atomic mass is 16.5. The fourth-order valence-corrected chi connectivity index (χ4v) is 2.39. The molecule has 7 nitrogen and oxygen atoms in total. The first kappa shape index (κ1) is 15.5. The lowest BCUT2D eigenvalue weighted by Gasteiger charge is -2.09. The van der Waals surface area contributed by atoms with E-state index in [1.807, 2.05) is 0 Å². The van der Waals surface area contributed by atoms with Crippen molar-refractivity contribution in [3.05, 3.63) is 52.3 Å². The zero-order valence-electron chi connectivity index (χ0n) is 13.0. The summed E-state index contributed by atoms with van der Waals surface area (Å²) in [4.78, 5) is 30.4. The Hall–Kier alpha value is -3.35. The molecule has 0 aliphatic rings. The number of benzene rings is 2. The van der Waals surface area contributed by atoms with Gasteiger partial charge in [-0.2, -0.15) is 0 Å². The number of ether oxygens (including phenoxy) is 2. The number of methoxy groups -OCH3 is 2. The average molecular weight is 326 g/mol. The number of H-pyrrole nitrogens is 1. The lowest BCUT2D eigenvalue weighted by Crippen LogP contribution is -2.10. The third kappa shape index (κ3) is 2.67. The number of nitrogens with zero attached hydrogens (tertiary/aromatic N) is 1. The van der Waals surface area contributed by atoms with Crippen molar-refractivity contribution in [2.75, 3.05) is 14.2 Å². The van der Waals surface area contributed by atoms with Crippen LogP contribution in [0.25, 0.3) is 22.3 Å². The summed E-state index contributed by atoms with van der Waals surface area (Å²) in [5.74, 6) is 0.339. The van der Waals surface area contributed by atoms with Crippen molar-refractivity contribution in [3.63, 3.8) is 0 Å². The summed E-state index contributed by atoms with van der Waals surface area (Å²) in [7, 11) is 3.05. The molecule has 0 radical (unpaired) electrons. The predicted molar refractivity (Wildman–Crippen MR) is 87.9 cm³/mol. The predicted octanol–water partition coefficient (Wildman–Crippen LogP) is 2.31. The topological polar surface area (TPSA) is 102 Å². The van der Waals surface area contributed by atoms with Crippen LogP contribution in [0.2, 0.25) is 0 Å². The second kappa shape index (κ2) is 6.04. The van der Waals surface area contributed by atoms with Gasteiger partial charge in [0, 0.05) is 5.56 Å². The molecule has 122 valence electrons. The Morgan fingerprint density at radius 3 is 2.50 bits per heavy atom. The van der Waals surface area contributed by atoms with Crippen LogP contribution in [0.15, 0.2) is 41.2 Å². The number of rotatable bonds is 4. The van der Waals surface area contributed by atoms with Crippen LogP contribution in [0.4, 0.5) is 0 Å². The van der Waals surface area contributed by atoms with Crippen LogP contribution in [0.1, 0.15) is 10.4 Å². The molecule has 0 aliphatic carbocycles. The summed E-state index contributed by atoms with van der Waals surface area (Å²) in [5, 5.41) is 9.24. The minimum atomic E-state index is -1.10. The molecule has 0 aliphatic heterocycles. The zero-order chi connectivity index (χ0) is 17.3. The number of carboxylic acid groups (broad SMARTS) is 1. The van der Waals surface area contributed by atoms with Crippen molar-refractivity contribution in [1.82, 2.24) is 9.97 Å². The van der Waals surface area contributed by atoms with Gasteiger partial charge >= 0.3 is 5.97 Å². The maximum absolute atomic E-state index is 12.3. The summed E-state index contributed by atoms with van der Waals surface area (Å²) in [5.41, 5.74) is 0.684. The molecule has 3 rings (SSSR count). The van der Waals surface area contributed by atoms with Gasteiger partial charge in [0.1, 0.15) is 5.82 Å². The Morgan fingerprint density at radius 1 is 1.08 bits per heavy atom. The largest absolute Gasteiger partial charge is 0.493 e. The number of carbonyl (C=O) groups is 1. The van der Waals surface area contributed by atoms with Gasteiger partial charge in [-0.1, -0.05) is 0 Å². The summed E-state index contributed by atoms with van der Waals surface area (Å²) >= 11 is 0. The quantitative estimate of drug-likeness (QED) is 0.763. The second-order valence-electron chi connectivity index (χ2n) is 5.02. The molecule has 2 aromatic carbocycles. The molecule has 0 fully saturated rings. The molecule has 0 unspecified atom stereocenters. The van der Waals surface area contributed by atoms with Crippen molar-refractivity contribution < 1.29 is 19.4 Å². The number of aromatic nitrogens is 2. The molecule has 1 heterocycles. The SMILES string of the molecule is COc1ccc(-c2nc3ccc(C(=O)O)cc3c(=O)[nH]2)cc1OC. The number of aromatic carboxylic acids is 1. The number of fused-ring (bicyclic) bond motifs is 1. The summed E-state index contributed by atoms with van der Waals surface area (Å²) in [6.07, 6.45) is 0. The number of hydrogen-bond donors (Lipinski definition) is 2. The van der Waals surface area contributed by atoms with Crippen LogP contribution in [0.5, 0.6) is 11.5 Å². The Morgan fingerprint density at radius 2 is 1.83 bits per heavy atom.